The second kappa shape index (κ2) is 7.27. The van der Waals surface area contributed by atoms with Gasteiger partial charge in [-0.1, -0.05) is 6.07 Å². The molecule has 1 aromatic heterocycles. The molecule has 1 aliphatic rings. The van der Waals surface area contributed by atoms with Crippen molar-refractivity contribution in [2.45, 2.75) is 13.5 Å². The van der Waals surface area contributed by atoms with Crippen LogP contribution < -0.4 is 15.0 Å². The van der Waals surface area contributed by atoms with Crippen LogP contribution in [0, 0.1) is 6.92 Å². The Labute approximate surface area is 157 Å². The number of benzene rings is 1. The van der Waals surface area contributed by atoms with Gasteiger partial charge in [0.15, 0.2) is 5.11 Å². The Bertz CT molecular complexity index is 904. The summed E-state index contributed by atoms with van der Waals surface area (Å²) >= 11 is 5.34. The van der Waals surface area contributed by atoms with Gasteiger partial charge in [-0.2, -0.15) is 5.10 Å². The first kappa shape index (κ1) is 18.1. The largest absolute Gasteiger partial charge is 0.496 e. The zero-order chi connectivity index (χ0) is 18.8. The summed E-state index contributed by atoms with van der Waals surface area (Å²) in [5.74, 6) is 0.526. The van der Waals surface area contributed by atoms with Crippen LogP contribution in [0.2, 0.25) is 0 Å². The fourth-order valence-corrected chi connectivity index (χ4v) is 3.17. The molecule has 1 saturated heterocycles. The molecular formula is C18H20N4O3S. The third kappa shape index (κ3) is 3.33. The van der Waals surface area contributed by atoms with Crippen LogP contribution in [0.4, 0.5) is 5.69 Å². The van der Waals surface area contributed by atoms with E-state index in [9.17, 15) is 4.79 Å². The molecule has 0 spiro atoms. The first-order valence-electron chi connectivity index (χ1n) is 7.97. The molecule has 0 bridgehead atoms. The van der Waals surface area contributed by atoms with E-state index in [-0.39, 0.29) is 5.91 Å². The van der Waals surface area contributed by atoms with Crippen molar-refractivity contribution in [2.24, 2.45) is 7.05 Å². The molecule has 7 nitrogen and oxygen atoms in total. The lowest BCUT2D eigenvalue weighted by molar-refractivity contribution is -0.113. The molecule has 1 aromatic carbocycles. The zero-order valence-corrected chi connectivity index (χ0v) is 15.9. The summed E-state index contributed by atoms with van der Waals surface area (Å²) in [6, 6.07) is 5.65. The maximum absolute atomic E-state index is 12.8. The molecule has 0 radical (unpaired) electrons. The van der Waals surface area contributed by atoms with Crippen molar-refractivity contribution in [1.29, 1.82) is 0 Å². The fraction of sp³-hybridized carbons (Fsp3) is 0.278. The highest BCUT2D eigenvalue weighted by atomic mass is 32.1. The Kier molecular flexibility index (Phi) is 5.06. The third-order valence-electron chi connectivity index (χ3n) is 4.02. The van der Waals surface area contributed by atoms with Crippen LogP contribution in [0.15, 0.2) is 30.1 Å². The van der Waals surface area contributed by atoms with Gasteiger partial charge in [-0.15, -0.1) is 0 Å². The second-order valence-corrected chi connectivity index (χ2v) is 6.29. The molecule has 2 heterocycles. The molecule has 0 saturated carbocycles. The van der Waals surface area contributed by atoms with Crippen molar-refractivity contribution >= 4 is 35.0 Å². The molecular weight excluding hydrogens is 352 g/mol. The Balaban J connectivity index is 1.93. The highest BCUT2D eigenvalue weighted by molar-refractivity contribution is 7.80. The SMILES string of the molecule is COCc1cc(/C=C2/NC(=S)N(c3cn(C)nc3C)C2=O)ccc1OC. The minimum absolute atomic E-state index is 0.213. The van der Waals surface area contributed by atoms with Gasteiger partial charge < -0.3 is 14.8 Å². The molecule has 2 aromatic rings. The molecule has 8 heteroatoms. The number of aromatic nitrogens is 2. The number of anilines is 1. The van der Waals surface area contributed by atoms with Crippen molar-refractivity contribution < 1.29 is 14.3 Å². The highest BCUT2D eigenvalue weighted by Gasteiger charge is 2.33. The van der Waals surface area contributed by atoms with E-state index in [1.165, 1.54) is 4.90 Å². The predicted octanol–water partition coefficient (Wildman–Crippen LogP) is 2.15. The minimum atomic E-state index is -0.213. The van der Waals surface area contributed by atoms with Crippen LogP contribution >= 0.6 is 12.2 Å². The number of carbonyl (C=O) groups is 1. The van der Waals surface area contributed by atoms with E-state index < -0.39 is 0 Å². The average molecular weight is 372 g/mol. The van der Waals surface area contributed by atoms with Gasteiger partial charge >= 0.3 is 0 Å². The number of ether oxygens (including phenoxy) is 2. The summed E-state index contributed by atoms with van der Waals surface area (Å²) in [5.41, 5.74) is 3.57. The van der Waals surface area contributed by atoms with Crippen LogP contribution in [0.3, 0.4) is 0 Å². The molecule has 1 amide bonds. The van der Waals surface area contributed by atoms with Crippen molar-refractivity contribution in [3.8, 4) is 5.75 Å². The quantitative estimate of drug-likeness (QED) is 0.641. The monoisotopic (exact) mass is 372 g/mol. The van der Waals surface area contributed by atoms with Crippen molar-refractivity contribution in [1.82, 2.24) is 15.1 Å². The first-order valence-corrected chi connectivity index (χ1v) is 8.38. The van der Waals surface area contributed by atoms with Gasteiger partial charge in [-0.3, -0.25) is 9.48 Å². The average Bonchev–Trinajstić information content (AvgIpc) is 3.06. The maximum atomic E-state index is 12.8. The van der Waals surface area contributed by atoms with Gasteiger partial charge in [0.2, 0.25) is 0 Å². The number of hydrogen-bond acceptors (Lipinski definition) is 5. The summed E-state index contributed by atoms with van der Waals surface area (Å²) in [6.45, 7) is 2.26. The molecule has 3 rings (SSSR count). The first-order chi connectivity index (χ1) is 12.4. The second-order valence-electron chi connectivity index (χ2n) is 5.91. The van der Waals surface area contributed by atoms with E-state index in [0.717, 1.165) is 22.6 Å². The number of aryl methyl sites for hydroxylation is 2. The Morgan fingerprint density at radius 1 is 1.35 bits per heavy atom. The van der Waals surface area contributed by atoms with Crippen LogP contribution in [-0.4, -0.2) is 35.0 Å². The Morgan fingerprint density at radius 3 is 2.73 bits per heavy atom. The minimum Gasteiger partial charge on any atom is -0.496 e. The van der Waals surface area contributed by atoms with Gasteiger partial charge in [0.05, 0.1) is 25.1 Å². The number of methoxy groups -OCH3 is 2. The van der Waals surface area contributed by atoms with Crippen LogP contribution in [0.1, 0.15) is 16.8 Å². The van der Waals surface area contributed by atoms with Gasteiger partial charge in [0.1, 0.15) is 11.4 Å². The van der Waals surface area contributed by atoms with E-state index in [1.807, 2.05) is 25.1 Å². The fourth-order valence-electron chi connectivity index (χ4n) is 2.88. The number of thiocarbonyl (C=S) groups is 1. The standard InChI is InChI=1S/C18H20N4O3S/c1-11-15(9-21(2)20-11)22-17(23)14(19-18(22)26)8-12-5-6-16(25-4)13(7-12)10-24-3/h5-9H,10H2,1-4H3,(H,19,26)/b14-8+. The number of nitrogens with zero attached hydrogens (tertiary/aromatic N) is 3. The van der Waals surface area contributed by atoms with Crippen LogP contribution in [0.5, 0.6) is 5.75 Å². The van der Waals surface area contributed by atoms with E-state index in [0.29, 0.717) is 23.1 Å². The number of hydrogen-bond donors (Lipinski definition) is 1. The van der Waals surface area contributed by atoms with Crippen molar-refractivity contribution in [3.63, 3.8) is 0 Å². The van der Waals surface area contributed by atoms with E-state index in [2.05, 4.69) is 10.4 Å². The summed E-state index contributed by atoms with van der Waals surface area (Å²) in [7, 11) is 5.04. The smallest absolute Gasteiger partial charge is 0.281 e. The molecule has 1 fully saturated rings. The van der Waals surface area contributed by atoms with Crippen molar-refractivity contribution in [3.05, 3.63) is 46.9 Å². The maximum Gasteiger partial charge on any atom is 0.281 e. The Morgan fingerprint density at radius 2 is 2.12 bits per heavy atom. The number of rotatable bonds is 5. The number of carbonyl (C=O) groups excluding carboxylic acids is 1. The lowest BCUT2D eigenvalue weighted by Crippen LogP contribution is -2.30. The van der Waals surface area contributed by atoms with Gasteiger partial charge in [-0.25, -0.2) is 4.90 Å². The molecule has 26 heavy (non-hydrogen) atoms. The topological polar surface area (TPSA) is 68.6 Å². The van der Waals surface area contributed by atoms with Crippen LogP contribution in [-0.2, 0) is 23.2 Å². The van der Waals surface area contributed by atoms with Gasteiger partial charge in [0, 0.05) is 25.9 Å². The summed E-state index contributed by atoms with van der Waals surface area (Å²) < 4.78 is 12.2. The van der Waals surface area contributed by atoms with Gasteiger partial charge in [-0.05, 0) is 42.9 Å². The lowest BCUT2D eigenvalue weighted by atomic mass is 10.1. The zero-order valence-electron chi connectivity index (χ0n) is 15.1. The van der Waals surface area contributed by atoms with E-state index in [4.69, 9.17) is 21.7 Å². The molecule has 1 N–H and O–H groups in total. The molecule has 0 atom stereocenters. The molecule has 136 valence electrons. The number of amides is 1. The van der Waals surface area contributed by atoms with Gasteiger partial charge in [0.25, 0.3) is 5.91 Å². The normalized spacial score (nSPS) is 15.7. The predicted molar refractivity (Wildman–Crippen MR) is 103 cm³/mol. The highest BCUT2D eigenvalue weighted by Crippen LogP contribution is 2.26. The van der Waals surface area contributed by atoms with Crippen molar-refractivity contribution in [2.75, 3.05) is 19.1 Å². The lowest BCUT2D eigenvalue weighted by Gasteiger charge is -2.12. The third-order valence-corrected chi connectivity index (χ3v) is 4.31. The number of nitrogens with one attached hydrogen (secondary N) is 1. The molecule has 1 aliphatic heterocycles. The summed E-state index contributed by atoms with van der Waals surface area (Å²) in [4.78, 5) is 14.3. The summed E-state index contributed by atoms with van der Waals surface area (Å²) in [6.07, 6.45) is 3.53. The van der Waals surface area contributed by atoms with E-state index >= 15 is 0 Å². The molecule has 0 aliphatic carbocycles. The van der Waals surface area contributed by atoms with E-state index in [1.54, 1.807) is 38.2 Å². The summed E-state index contributed by atoms with van der Waals surface area (Å²) in [5, 5.41) is 7.60. The molecule has 0 unspecified atom stereocenters. The van der Waals surface area contributed by atoms with Crippen LogP contribution in [0.25, 0.3) is 6.08 Å². The Hall–Kier alpha value is -2.71.